The second-order valence-corrected chi connectivity index (χ2v) is 5.51. The summed E-state index contributed by atoms with van der Waals surface area (Å²) in [7, 11) is 0. The second kappa shape index (κ2) is 4.72. The molecule has 92 valence electrons. The van der Waals surface area contributed by atoms with E-state index in [2.05, 4.69) is 43.5 Å². The minimum atomic E-state index is 0.868. The highest BCUT2D eigenvalue weighted by Crippen LogP contribution is 2.28. The van der Waals surface area contributed by atoms with Crippen molar-refractivity contribution in [2.24, 2.45) is 0 Å². The number of rotatable bonds is 1. The zero-order valence-corrected chi connectivity index (χ0v) is 12.0. The van der Waals surface area contributed by atoms with Gasteiger partial charge in [-0.3, -0.25) is 0 Å². The number of hydrogen-bond donors (Lipinski definition) is 1. The minimum absolute atomic E-state index is 0.868. The number of benzene rings is 1. The first-order valence-electron chi connectivity index (χ1n) is 5.82. The summed E-state index contributed by atoms with van der Waals surface area (Å²) in [6.07, 6.45) is 4.42. The van der Waals surface area contributed by atoms with E-state index in [9.17, 15) is 0 Å². The Hall–Kier alpha value is -1.37. The number of halogens is 1. The van der Waals surface area contributed by atoms with Crippen molar-refractivity contribution in [2.75, 3.05) is 17.2 Å². The molecule has 2 N–H and O–H groups in total. The van der Waals surface area contributed by atoms with Crippen LogP contribution in [0, 0.1) is 3.57 Å². The lowest BCUT2D eigenvalue weighted by Gasteiger charge is -2.30. The molecule has 0 amide bonds. The number of hydrogen-bond acceptors (Lipinski definition) is 4. The van der Waals surface area contributed by atoms with E-state index in [1.165, 1.54) is 11.1 Å². The van der Waals surface area contributed by atoms with E-state index < -0.39 is 0 Å². The summed E-state index contributed by atoms with van der Waals surface area (Å²) in [6, 6.07) is 6.14. The maximum Gasteiger partial charge on any atom is 0.145 e. The molecule has 0 aliphatic carbocycles. The zero-order valence-electron chi connectivity index (χ0n) is 9.81. The summed E-state index contributed by atoms with van der Waals surface area (Å²) in [4.78, 5) is 10.7. The Morgan fingerprint density at radius 2 is 2.22 bits per heavy atom. The number of nitrogens with zero attached hydrogens (tertiary/aromatic N) is 3. The van der Waals surface area contributed by atoms with E-state index in [0.29, 0.717) is 0 Å². The topological polar surface area (TPSA) is 55.0 Å². The van der Waals surface area contributed by atoms with Crippen molar-refractivity contribution < 1.29 is 0 Å². The Balaban J connectivity index is 1.94. The van der Waals surface area contributed by atoms with Crippen molar-refractivity contribution in [1.82, 2.24) is 9.97 Å². The highest BCUT2D eigenvalue weighted by atomic mass is 127. The Labute approximate surface area is 119 Å². The van der Waals surface area contributed by atoms with Crippen LogP contribution >= 0.6 is 22.6 Å². The van der Waals surface area contributed by atoms with Gasteiger partial charge in [-0.2, -0.15) is 0 Å². The molecule has 1 aromatic carbocycles. The van der Waals surface area contributed by atoms with Crippen LogP contribution in [-0.2, 0) is 13.0 Å². The van der Waals surface area contributed by atoms with Gasteiger partial charge in [-0.15, -0.1) is 0 Å². The van der Waals surface area contributed by atoms with Crippen LogP contribution in [0.15, 0.2) is 30.7 Å². The number of aromatic nitrogens is 2. The molecule has 0 spiro atoms. The lowest BCUT2D eigenvalue weighted by molar-refractivity contribution is 0.718. The second-order valence-electron chi connectivity index (χ2n) is 4.35. The summed E-state index contributed by atoms with van der Waals surface area (Å²) >= 11 is 2.28. The molecule has 0 atom stereocenters. The van der Waals surface area contributed by atoms with E-state index in [1.54, 1.807) is 6.33 Å². The van der Waals surface area contributed by atoms with Gasteiger partial charge in [0.15, 0.2) is 0 Å². The molecule has 0 saturated heterocycles. The molecule has 1 aliphatic heterocycles. The number of nitrogens with two attached hydrogens (primary N) is 1. The molecule has 0 radical (unpaired) electrons. The summed E-state index contributed by atoms with van der Waals surface area (Å²) < 4.78 is 1.09. The first-order valence-corrected chi connectivity index (χ1v) is 6.90. The van der Waals surface area contributed by atoms with Crippen molar-refractivity contribution in [3.8, 4) is 0 Å². The molecule has 1 aromatic heterocycles. The third-order valence-corrected chi connectivity index (χ3v) is 4.01. The Bertz CT molecular complexity index is 585. The maximum absolute atomic E-state index is 6.01. The summed E-state index contributed by atoms with van der Waals surface area (Å²) in [5, 5.41) is 0. The van der Waals surface area contributed by atoms with Crippen molar-refractivity contribution in [3.63, 3.8) is 0 Å². The van der Waals surface area contributed by atoms with Crippen LogP contribution in [0.1, 0.15) is 11.1 Å². The van der Waals surface area contributed by atoms with E-state index in [-0.39, 0.29) is 0 Å². The zero-order chi connectivity index (χ0) is 12.5. The highest BCUT2D eigenvalue weighted by Gasteiger charge is 2.20. The number of anilines is 2. The fraction of sp³-hybridized carbons (Fsp3) is 0.231. The lowest BCUT2D eigenvalue weighted by Crippen LogP contribution is -2.32. The van der Waals surface area contributed by atoms with Crippen LogP contribution in [0.3, 0.4) is 0 Å². The smallest absolute Gasteiger partial charge is 0.145 e. The number of nitrogen functional groups attached to an aromatic ring is 1. The average molecular weight is 352 g/mol. The van der Waals surface area contributed by atoms with Gasteiger partial charge in [0.25, 0.3) is 0 Å². The van der Waals surface area contributed by atoms with Gasteiger partial charge in [0.1, 0.15) is 12.1 Å². The normalized spacial score (nSPS) is 14.4. The molecule has 2 aromatic rings. The highest BCUT2D eigenvalue weighted by molar-refractivity contribution is 14.1. The van der Waals surface area contributed by atoms with Gasteiger partial charge in [-0.05, 0) is 46.2 Å². The third-order valence-electron chi connectivity index (χ3n) is 3.25. The molecule has 0 fully saturated rings. The van der Waals surface area contributed by atoms with Crippen LogP contribution in [-0.4, -0.2) is 16.5 Å². The monoisotopic (exact) mass is 352 g/mol. The van der Waals surface area contributed by atoms with E-state index in [1.807, 2.05) is 18.3 Å². The predicted octanol–water partition coefficient (Wildman–Crippen LogP) is 2.23. The van der Waals surface area contributed by atoms with Gasteiger partial charge in [0, 0.05) is 25.0 Å². The van der Waals surface area contributed by atoms with Crippen LogP contribution in [0.5, 0.6) is 0 Å². The summed E-state index contributed by atoms with van der Waals surface area (Å²) in [5.41, 5.74) is 9.51. The molecule has 4 nitrogen and oxygen atoms in total. The fourth-order valence-corrected chi connectivity index (χ4v) is 3.00. The van der Waals surface area contributed by atoms with Crippen LogP contribution in [0.4, 0.5) is 11.5 Å². The Morgan fingerprint density at radius 3 is 3.06 bits per heavy atom. The van der Waals surface area contributed by atoms with Gasteiger partial charge in [0.05, 0.1) is 3.57 Å². The van der Waals surface area contributed by atoms with Crippen molar-refractivity contribution >= 4 is 34.1 Å². The van der Waals surface area contributed by atoms with Crippen molar-refractivity contribution in [2.45, 2.75) is 13.0 Å². The third kappa shape index (κ3) is 2.03. The Morgan fingerprint density at radius 1 is 1.33 bits per heavy atom. The molecular formula is C13H13IN4. The fourth-order valence-electron chi connectivity index (χ4n) is 2.36. The van der Waals surface area contributed by atoms with Crippen LogP contribution in [0.2, 0.25) is 0 Å². The molecule has 0 bridgehead atoms. The van der Waals surface area contributed by atoms with E-state index in [4.69, 9.17) is 5.73 Å². The minimum Gasteiger partial charge on any atom is -0.398 e. The lowest BCUT2D eigenvalue weighted by atomic mass is 9.98. The summed E-state index contributed by atoms with van der Waals surface area (Å²) in [5.74, 6) is 1.01. The predicted molar refractivity (Wildman–Crippen MR) is 80.4 cm³/mol. The molecule has 2 heterocycles. The van der Waals surface area contributed by atoms with Gasteiger partial charge in [-0.25, -0.2) is 9.97 Å². The summed E-state index contributed by atoms with van der Waals surface area (Å²) in [6.45, 7) is 1.82. The van der Waals surface area contributed by atoms with Gasteiger partial charge in [0.2, 0.25) is 0 Å². The van der Waals surface area contributed by atoms with Crippen LogP contribution in [0.25, 0.3) is 0 Å². The van der Waals surface area contributed by atoms with Gasteiger partial charge >= 0.3 is 0 Å². The van der Waals surface area contributed by atoms with Crippen molar-refractivity contribution in [1.29, 1.82) is 0 Å². The van der Waals surface area contributed by atoms with Gasteiger partial charge < -0.3 is 10.6 Å². The van der Waals surface area contributed by atoms with Crippen LogP contribution < -0.4 is 10.6 Å². The van der Waals surface area contributed by atoms with E-state index >= 15 is 0 Å². The van der Waals surface area contributed by atoms with Crippen molar-refractivity contribution in [3.05, 3.63) is 45.4 Å². The molecule has 0 saturated carbocycles. The average Bonchev–Trinajstić information content (AvgIpc) is 2.39. The molecular weight excluding hydrogens is 339 g/mol. The number of fused-ring (bicyclic) bond motifs is 1. The first-order chi connectivity index (χ1) is 8.75. The maximum atomic E-state index is 6.01. The van der Waals surface area contributed by atoms with E-state index in [0.717, 1.165) is 34.6 Å². The molecule has 18 heavy (non-hydrogen) atoms. The Kier molecular flexibility index (Phi) is 3.07. The molecule has 5 heteroatoms. The molecule has 0 unspecified atom stereocenters. The SMILES string of the molecule is Nc1cccc2c1CCN(c1ncncc1I)C2. The van der Waals surface area contributed by atoms with Gasteiger partial charge in [-0.1, -0.05) is 12.1 Å². The first kappa shape index (κ1) is 11.7. The largest absolute Gasteiger partial charge is 0.398 e. The quantitative estimate of drug-likeness (QED) is 0.632. The standard InChI is InChI=1S/C13H13IN4/c14-11-6-16-8-17-13(11)18-5-4-10-9(7-18)2-1-3-12(10)15/h1-3,6,8H,4-5,7,15H2. The molecule has 1 aliphatic rings. The molecule has 3 rings (SSSR count).